The molecule has 0 aliphatic rings. The number of hydrogen-bond donors (Lipinski definition) is 1. The highest BCUT2D eigenvalue weighted by Crippen LogP contribution is 2.29. The molecule has 1 unspecified atom stereocenters. The van der Waals surface area contributed by atoms with Gasteiger partial charge in [0.1, 0.15) is 11.8 Å². The summed E-state index contributed by atoms with van der Waals surface area (Å²) in [5, 5.41) is 5.98. The van der Waals surface area contributed by atoms with E-state index in [-0.39, 0.29) is 11.4 Å². The van der Waals surface area contributed by atoms with Crippen LogP contribution in [0.4, 0.5) is 27.6 Å². The van der Waals surface area contributed by atoms with E-state index >= 15 is 0 Å². The first-order chi connectivity index (χ1) is 12.0. The van der Waals surface area contributed by atoms with Crippen LogP contribution in [-0.2, 0) is 11.0 Å². The second-order valence-electron chi connectivity index (χ2n) is 5.63. The van der Waals surface area contributed by atoms with Gasteiger partial charge in [0.2, 0.25) is 5.91 Å². The number of carbonyl (C=O) groups excluding carboxylic acids is 1. The van der Waals surface area contributed by atoms with Crippen LogP contribution in [0.3, 0.4) is 0 Å². The van der Waals surface area contributed by atoms with Crippen LogP contribution in [-0.4, -0.2) is 22.3 Å². The predicted octanol–water partition coefficient (Wildman–Crippen LogP) is 4.32. The monoisotopic (exact) mass is 377 g/mol. The number of carbonyl (C=O) groups is 1. The molecule has 0 saturated carbocycles. The second kappa shape index (κ2) is 7.30. The molecule has 1 amide bonds. The van der Waals surface area contributed by atoms with E-state index in [0.717, 1.165) is 10.7 Å². The highest BCUT2D eigenvalue weighted by molar-refractivity contribution is 5.94. The van der Waals surface area contributed by atoms with E-state index in [0.29, 0.717) is 11.3 Å². The van der Waals surface area contributed by atoms with E-state index in [9.17, 15) is 26.7 Å². The first-order valence-corrected chi connectivity index (χ1v) is 7.48. The fourth-order valence-corrected chi connectivity index (χ4v) is 2.32. The summed E-state index contributed by atoms with van der Waals surface area (Å²) >= 11 is 0. The summed E-state index contributed by atoms with van der Waals surface area (Å²) in [5.74, 6) is -0.670. The van der Waals surface area contributed by atoms with Crippen molar-refractivity contribution in [2.75, 3.05) is 5.32 Å². The summed E-state index contributed by atoms with van der Waals surface area (Å²) in [7, 11) is 0. The molecule has 0 bridgehead atoms. The number of ether oxygens (including phenoxy) is 1. The summed E-state index contributed by atoms with van der Waals surface area (Å²) in [6.45, 7) is 1.41. The van der Waals surface area contributed by atoms with Crippen molar-refractivity contribution in [3.05, 3.63) is 41.2 Å². The lowest BCUT2D eigenvalue weighted by molar-refractivity contribution is -0.141. The fraction of sp³-hybridized carbons (Fsp3) is 0.375. The number of alkyl halides is 5. The van der Waals surface area contributed by atoms with Gasteiger partial charge in [-0.3, -0.25) is 9.48 Å². The molecule has 0 radical (unpaired) electrons. The Morgan fingerprint density at radius 2 is 1.88 bits per heavy atom. The van der Waals surface area contributed by atoms with Crippen LogP contribution < -0.4 is 10.1 Å². The number of anilines is 1. The Kier molecular flexibility index (Phi) is 5.53. The molecule has 0 saturated heterocycles. The van der Waals surface area contributed by atoms with Crippen molar-refractivity contribution in [3.63, 3.8) is 0 Å². The summed E-state index contributed by atoms with van der Waals surface area (Å²) < 4.78 is 67.8. The van der Waals surface area contributed by atoms with Crippen LogP contribution in [0.15, 0.2) is 24.3 Å². The number of amides is 1. The van der Waals surface area contributed by atoms with Gasteiger partial charge in [-0.2, -0.15) is 27.1 Å². The predicted molar refractivity (Wildman–Crippen MR) is 83.1 cm³/mol. The van der Waals surface area contributed by atoms with Crippen molar-refractivity contribution in [1.29, 1.82) is 0 Å². The maximum atomic E-state index is 12.7. The second-order valence-corrected chi connectivity index (χ2v) is 5.63. The molecular weight excluding hydrogens is 361 g/mol. The number of aromatic nitrogens is 2. The average molecular weight is 377 g/mol. The van der Waals surface area contributed by atoms with E-state index in [1.54, 1.807) is 6.92 Å². The van der Waals surface area contributed by atoms with Crippen LogP contribution in [0.1, 0.15) is 29.9 Å². The first kappa shape index (κ1) is 19.7. The lowest BCUT2D eigenvalue weighted by Crippen LogP contribution is -2.26. The Balaban J connectivity index is 2.16. The van der Waals surface area contributed by atoms with Crippen molar-refractivity contribution < 1.29 is 31.5 Å². The maximum absolute atomic E-state index is 12.7. The summed E-state index contributed by atoms with van der Waals surface area (Å²) in [6, 6.07) is 3.77. The number of nitrogens with one attached hydrogen (secondary N) is 1. The molecule has 1 aromatic heterocycles. The zero-order valence-electron chi connectivity index (χ0n) is 14.1. The largest absolute Gasteiger partial charge is 0.435 e. The Labute approximate surface area is 145 Å². The molecule has 1 N–H and O–H groups in total. The number of hydrogen-bond acceptors (Lipinski definition) is 3. The smallest absolute Gasteiger partial charge is 0.435 e. The van der Waals surface area contributed by atoms with Crippen LogP contribution in [0, 0.1) is 13.8 Å². The fourth-order valence-electron chi connectivity index (χ4n) is 2.32. The molecule has 142 valence electrons. The molecule has 1 atom stereocenters. The Bertz CT molecular complexity index is 802. The van der Waals surface area contributed by atoms with Crippen LogP contribution in [0.2, 0.25) is 0 Å². The van der Waals surface area contributed by atoms with E-state index in [1.165, 1.54) is 32.0 Å². The molecule has 2 rings (SSSR count). The van der Waals surface area contributed by atoms with E-state index in [4.69, 9.17) is 0 Å². The van der Waals surface area contributed by atoms with Crippen molar-refractivity contribution in [2.24, 2.45) is 0 Å². The molecule has 0 aliphatic carbocycles. The van der Waals surface area contributed by atoms with Gasteiger partial charge in [0, 0.05) is 11.4 Å². The number of halogens is 5. The SMILES string of the molecule is Cc1cc(OC(F)F)ccc1NC(=O)C(C)n1nc(C(F)(F)F)cc1C. The molecule has 1 heterocycles. The minimum Gasteiger partial charge on any atom is -0.435 e. The molecule has 0 fully saturated rings. The minimum atomic E-state index is -4.61. The zero-order valence-corrected chi connectivity index (χ0v) is 14.1. The van der Waals surface area contributed by atoms with Gasteiger partial charge >= 0.3 is 12.8 Å². The third kappa shape index (κ3) is 4.50. The molecular formula is C16H16F5N3O2. The average Bonchev–Trinajstić information content (AvgIpc) is 2.90. The Morgan fingerprint density at radius 3 is 2.38 bits per heavy atom. The third-order valence-corrected chi connectivity index (χ3v) is 3.64. The van der Waals surface area contributed by atoms with Gasteiger partial charge in [-0.1, -0.05) is 0 Å². The van der Waals surface area contributed by atoms with E-state index < -0.39 is 30.4 Å². The van der Waals surface area contributed by atoms with Gasteiger partial charge in [-0.25, -0.2) is 0 Å². The number of nitrogens with zero attached hydrogens (tertiary/aromatic N) is 2. The van der Waals surface area contributed by atoms with Gasteiger partial charge in [-0.05, 0) is 50.6 Å². The third-order valence-electron chi connectivity index (χ3n) is 3.64. The van der Waals surface area contributed by atoms with E-state index in [2.05, 4.69) is 15.2 Å². The Morgan fingerprint density at radius 1 is 1.23 bits per heavy atom. The van der Waals surface area contributed by atoms with E-state index in [1.807, 2.05) is 0 Å². The molecule has 26 heavy (non-hydrogen) atoms. The number of aryl methyl sites for hydroxylation is 2. The molecule has 0 aliphatic heterocycles. The zero-order chi connectivity index (χ0) is 19.6. The maximum Gasteiger partial charge on any atom is 0.435 e. The highest BCUT2D eigenvalue weighted by Gasteiger charge is 2.35. The summed E-state index contributed by atoms with van der Waals surface area (Å²) in [5.41, 5.74) is -0.127. The Hall–Kier alpha value is -2.65. The van der Waals surface area contributed by atoms with Gasteiger partial charge in [0.25, 0.3) is 0 Å². The van der Waals surface area contributed by atoms with Crippen molar-refractivity contribution in [2.45, 2.75) is 39.6 Å². The first-order valence-electron chi connectivity index (χ1n) is 7.48. The summed E-state index contributed by atoms with van der Waals surface area (Å²) in [4.78, 5) is 12.3. The minimum absolute atomic E-state index is 0.0683. The topological polar surface area (TPSA) is 56.1 Å². The molecule has 10 heteroatoms. The van der Waals surface area contributed by atoms with Crippen molar-refractivity contribution in [3.8, 4) is 5.75 Å². The lowest BCUT2D eigenvalue weighted by atomic mass is 10.2. The number of rotatable bonds is 5. The molecule has 5 nitrogen and oxygen atoms in total. The van der Waals surface area contributed by atoms with Crippen molar-refractivity contribution >= 4 is 11.6 Å². The van der Waals surface area contributed by atoms with Crippen LogP contribution >= 0.6 is 0 Å². The molecule has 0 spiro atoms. The highest BCUT2D eigenvalue weighted by atomic mass is 19.4. The normalized spacial score (nSPS) is 13.0. The van der Waals surface area contributed by atoms with Gasteiger partial charge in [0.05, 0.1) is 0 Å². The molecule has 1 aromatic carbocycles. The van der Waals surface area contributed by atoms with Crippen molar-refractivity contribution in [1.82, 2.24) is 9.78 Å². The van der Waals surface area contributed by atoms with Gasteiger partial charge in [0.15, 0.2) is 5.69 Å². The van der Waals surface area contributed by atoms with Gasteiger partial charge < -0.3 is 10.1 Å². The molecule has 2 aromatic rings. The number of benzene rings is 1. The summed E-state index contributed by atoms with van der Waals surface area (Å²) in [6.07, 6.45) is -4.61. The van der Waals surface area contributed by atoms with Gasteiger partial charge in [-0.15, -0.1) is 0 Å². The lowest BCUT2D eigenvalue weighted by Gasteiger charge is -2.16. The standard InChI is InChI=1S/C16H16F5N3O2/c1-8-6-11(26-15(17)18)4-5-12(8)22-14(25)10(3)24-9(2)7-13(23-24)16(19,20)21/h4-7,10,15H,1-3H3,(H,22,25). The van der Waals surface area contributed by atoms with Crippen LogP contribution in [0.25, 0.3) is 0 Å². The van der Waals surface area contributed by atoms with Crippen LogP contribution in [0.5, 0.6) is 5.75 Å². The quantitative estimate of drug-likeness (QED) is 0.790.